The maximum Gasteiger partial charge on any atom is 0.234 e. The van der Waals surface area contributed by atoms with Crippen LogP contribution in [-0.4, -0.2) is 25.2 Å². The highest BCUT2D eigenvalue weighted by molar-refractivity contribution is 5.96. The molecule has 0 spiro atoms. The van der Waals surface area contributed by atoms with Crippen LogP contribution in [0.5, 0.6) is 0 Å². The van der Waals surface area contributed by atoms with E-state index in [2.05, 4.69) is 5.32 Å². The first-order valence-corrected chi connectivity index (χ1v) is 5.95. The molecule has 1 saturated heterocycles. The maximum atomic E-state index is 13.7. The molecule has 4 nitrogen and oxygen atoms in total. The van der Waals surface area contributed by atoms with Gasteiger partial charge in [0.05, 0.1) is 24.3 Å². The van der Waals surface area contributed by atoms with Crippen molar-refractivity contribution in [2.24, 2.45) is 11.1 Å². The van der Waals surface area contributed by atoms with E-state index < -0.39 is 29.0 Å². The Morgan fingerprint density at radius 3 is 2.74 bits per heavy atom. The number of anilines is 1. The van der Waals surface area contributed by atoms with E-state index in [1.807, 2.05) is 0 Å². The molecule has 0 bridgehead atoms. The fourth-order valence-corrected chi connectivity index (χ4v) is 1.93. The summed E-state index contributed by atoms with van der Waals surface area (Å²) < 4.78 is 32.2. The van der Waals surface area contributed by atoms with E-state index in [1.165, 1.54) is 6.92 Å². The van der Waals surface area contributed by atoms with Crippen LogP contribution in [0.2, 0.25) is 0 Å². The Balaban J connectivity index is 2.22. The summed E-state index contributed by atoms with van der Waals surface area (Å²) in [6.45, 7) is 3.53. The lowest BCUT2D eigenvalue weighted by atomic mass is 9.85. The Kier molecular flexibility index (Phi) is 3.56. The minimum Gasteiger partial charge on any atom is -0.379 e. The molecule has 19 heavy (non-hydrogen) atoms. The van der Waals surface area contributed by atoms with Crippen LogP contribution in [0.1, 0.15) is 12.5 Å². The fourth-order valence-electron chi connectivity index (χ4n) is 1.93. The van der Waals surface area contributed by atoms with Crippen LogP contribution in [0, 0.1) is 24.0 Å². The number of ether oxygens (including phenoxy) is 1. The SMILES string of the molecule is Cc1cc(F)c(NC(=O)C2(C)COCC2N)cc1F. The number of nitrogens with one attached hydrogen (secondary N) is 1. The summed E-state index contributed by atoms with van der Waals surface area (Å²) in [5.74, 6) is -1.73. The number of amides is 1. The van der Waals surface area contributed by atoms with E-state index in [4.69, 9.17) is 10.5 Å². The van der Waals surface area contributed by atoms with Gasteiger partial charge in [0.2, 0.25) is 5.91 Å². The third kappa shape index (κ3) is 2.46. The Labute approximate surface area is 109 Å². The van der Waals surface area contributed by atoms with Gasteiger partial charge in [-0.1, -0.05) is 0 Å². The molecule has 0 radical (unpaired) electrons. The number of rotatable bonds is 2. The zero-order valence-electron chi connectivity index (χ0n) is 10.8. The number of hydrogen-bond donors (Lipinski definition) is 2. The Bertz CT molecular complexity index is 522. The number of carbonyl (C=O) groups is 1. The first kappa shape index (κ1) is 13.9. The molecule has 1 aromatic carbocycles. The Hall–Kier alpha value is -1.53. The summed E-state index contributed by atoms with van der Waals surface area (Å²) >= 11 is 0. The van der Waals surface area contributed by atoms with Crippen molar-refractivity contribution in [1.29, 1.82) is 0 Å². The molecule has 1 amide bonds. The molecular formula is C13H16F2N2O2. The molecule has 1 heterocycles. The quantitative estimate of drug-likeness (QED) is 0.857. The van der Waals surface area contributed by atoms with Gasteiger partial charge in [0.15, 0.2) is 0 Å². The number of aryl methyl sites for hydroxylation is 1. The molecule has 1 aromatic rings. The van der Waals surface area contributed by atoms with E-state index in [0.717, 1.165) is 12.1 Å². The number of halogens is 2. The summed E-state index contributed by atoms with van der Waals surface area (Å²) in [4.78, 5) is 12.1. The second kappa shape index (κ2) is 4.86. The summed E-state index contributed by atoms with van der Waals surface area (Å²) in [5, 5.41) is 2.38. The van der Waals surface area contributed by atoms with E-state index >= 15 is 0 Å². The summed E-state index contributed by atoms with van der Waals surface area (Å²) in [6.07, 6.45) is 0. The van der Waals surface area contributed by atoms with Crippen molar-refractivity contribution in [3.05, 3.63) is 29.3 Å². The first-order valence-electron chi connectivity index (χ1n) is 5.95. The Morgan fingerprint density at radius 2 is 2.16 bits per heavy atom. The van der Waals surface area contributed by atoms with E-state index in [-0.39, 0.29) is 24.5 Å². The van der Waals surface area contributed by atoms with Gasteiger partial charge in [-0.05, 0) is 25.5 Å². The predicted octanol–water partition coefficient (Wildman–Crippen LogP) is 1.58. The molecule has 1 fully saturated rings. The molecule has 0 aliphatic carbocycles. The average molecular weight is 270 g/mol. The van der Waals surface area contributed by atoms with Crippen LogP contribution in [0.4, 0.5) is 14.5 Å². The molecule has 2 atom stereocenters. The van der Waals surface area contributed by atoms with Gasteiger partial charge in [0, 0.05) is 12.1 Å². The van der Waals surface area contributed by atoms with Crippen molar-refractivity contribution in [3.8, 4) is 0 Å². The van der Waals surface area contributed by atoms with Gasteiger partial charge in [-0.3, -0.25) is 4.79 Å². The first-order chi connectivity index (χ1) is 8.84. The highest BCUT2D eigenvalue weighted by Gasteiger charge is 2.44. The number of carbonyl (C=O) groups excluding carboxylic acids is 1. The van der Waals surface area contributed by atoms with Gasteiger partial charge in [0.1, 0.15) is 11.6 Å². The Morgan fingerprint density at radius 1 is 1.47 bits per heavy atom. The molecule has 1 aliphatic rings. The highest BCUT2D eigenvalue weighted by Crippen LogP contribution is 2.29. The summed E-state index contributed by atoms with van der Waals surface area (Å²) in [7, 11) is 0. The van der Waals surface area contributed by atoms with Gasteiger partial charge in [-0.15, -0.1) is 0 Å². The standard InChI is InChI=1S/C13H16F2N2O2/c1-7-3-9(15)10(4-8(7)14)17-12(18)13(2)6-19-5-11(13)16/h3-4,11H,5-6,16H2,1-2H3,(H,17,18). The van der Waals surface area contributed by atoms with Crippen molar-refractivity contribution in [2.75, 3.05) is 18.5 Å². The minimum atomic E-state index is -0.937. The van der Waals surface area contributed by atoms with Gasteiger partial charge in [-0.2, -0.15) is 0 Å². The second-order valence-corrected chi connectivity index (χ2v) is 5.07. The molecule has 6 heteroatoms. The van der Waals surface area contributed by atoms with Gasteiger partial charge in [-0.25, -0.2) is 8.78 Å². The molecule has 0 saturated carbocycles. The van der Waals surface area contributed by atoms with Crippen LogP contribution in [0.3, 0.4) is 0 Å². The van der Waals surface area contributed by atoms with Crippen LogP contribution in [0.15, 0.2) is 12.1 Å². The van der Waals surface area contributed by atoms with Crippen molar-refractivity contribution in [1.82, 2.24) is 0 Å². The van der Waals surface area contributed by atoms with Gasteiger partial charge < -0.3 is 15.8 Å². The van der Waals surface area contributed by atoms with Crippen LogP contribution in [0.25, 0.3) is 0 Å². The van der Waals surface area contributed by atoms with Crippen LogP contribution < -0.4 is 11.1 Å². The molecule has 0 aromatic heterocycles. The van der Waals surface area contributed by atoms with Crippen molar-refractivity contribution >= 4 is 11.6 Å². The van der Waals surface area contributed by atoms with Crippen molar-refractivity contribution in [2.45, 2.75) is 19.9 Å². The summed E-state index contributed by atoms with van der Waals surface area (Å²) in [5.41, 5.74) is 4.87. The van der Waals surface area contributed by atoms with Crippen LogP contribution in [-0.2, 0) is 9.53 Å². The minimum absolute atomic E-state index is 0.163. The number of benzene rings is 1. The van der Waals surface area contributed by atoms with Gasteiger partial charge in [0.25, 0.3) is 0 Å². The normalized spacial score (nSPS) is 26.5. The third-order valence-corrected chi connectivity index (χ3v) is 3.53. The lowest BCUT2D eigenvalue weighted by Gasteiger charge is -2.25. The monoisotopic (exact) mass is 270 g/mol. The average Bonchev–Trinajstić information content (AvgIpc) is 2.68. The topological polar surface area (TPSA) is 64.3 Å². The fraction of sp³-hybridized carbons (Fsp3) is 0.462. The molecule has 3 N–H and O–H groups in total. The van der Waals surface area contributed by atoms with Gasteiger partial charge >= 0.3 is 0 Å². The summed E-state index contributed by atoms with van der Waals surface area (Å²) in [6, 6.07) is 1.54. The maximum absolute atomic E-state index is 13.7. The number of nitrogens with two attached hydrogens (primary N) is 1. The van der Waals surface area contributed by atoms with E-state index in [1.54, 1.807) is 6.92 Å². The zero-order chi connectivity index (χ0) is 14.2. The lowest BCUT2D eigenvalue weighted by Crippen LogP contribution is -2.47. The zero-order valence-corrected chi connectivity index (χ0v) is 10.8. The molecule has 2 unspecified atom stereocenters. The highest BCUT2D eigenvalue weighted by atomic mass is 19.1. The number of hydrogen-bond acceptors (Lipinski definition) is 3. The molecule has 1 aliphatic heterocycles. The largest absolute Gasteiger partial charge is 0.379 e. The van der Waals surface area contributed by atoms with Crippen molar-refractivity contribution in [3.63, 3.8) is 0 Å². The molecule has 104 valence electrons. The van der Waals surface area contributed by atoms with E-state index in [0.29, 0.717) is 0 Å². The third-order valence-electron chi connectivity index (χ3n) is 3.53. The lowest BCUT2D eigenvalue weighted by molar-refractivity contribution is -0.125. The van der Waals surface area contributed by atoms with Crippen LogP contribution >= 0.6 is 0 Å². The van der Waals surface area contributed by atoms with Crippen molar-refractivity contribution < 1.29 is 18.3 Å². The predicted molar refractivity (Wildman–Crippen MR) is 66.6 cm³/mol. The second-order valence-electron chi connectivity index (χ2n) is 5.07. The molecule has 2 rings (SSSR count). The smallest absolute Gasteiger partial charge is 0.234 e. The molecular weight excluding hydrogens is 254 g/mol. The van der Waals surface area contributed by atoms with E-state index in [9.17, 15) is 13.6 Å².